The number of esters is 2. The van der Waals surface area contributed by atoms with Gasteiger partial charge >= 0.3 is 11.9 Å². The van der Waals surface area contributed by atoms with Crippen molar-refractivity contribution in [1.82, 2.24) is 10.3 Å². The highest BCUT2D eigenvalue weighted by Crippen LogP contribution is 2.20. The number of aryl methyl sites for hydroxylation is 1. The Labute approximate surface area is 175 Å². The van der Waals surface area contributed by atoms with Crippen molar-refractivity contribution in [3.05, 3.63) is 58.4 Å². The lowest BCUT2D eigenvalue weighted by atomic mass is 10.0. The van der Waals surface area contributed by atoms with Crippen LogP contribution in [0.4, 0.5) is 0 Å². The molecule has 0 spiro atoms. The molecule has 0 aliphatic carbocycles. The van der Waals surface area contributed by atoms with Crippen LogP contribution in [0.15, 0.2) is 30.3 Å². The molecule has 0 radical (unpaired) electrons. The second-order valence-corrected chi connectivity index (χ2v) is 6.80. The van der Waals surface area contributed by atoms with Crippen molar-refractivity contribution in [2.24, 2.45) is 0 Å². The molecule has 160 valence electrons. The van der Waals surface area contributed by atoms with E-state index in [1.54, 1.807) is 45.0 Å². The van der Waals surface area contributed by atoms with Gasteiger partial charge in [0, 0.05) is 12.6 Å². The molecule has 8 heteroatoms. The Morgan fingerprint density at radius 3 is 2.33 bits per heavy atom. The highest BCUT2D eigenvalue weighted by atomic mass is 16.5. The summed E-state index contributed by atoms with van der Waals surface area (Å²) in [6, 6.07) is 8.46. The number of Topliss-reactive ketones (excluding diaryl/α,β-unsaturated/α-hetero) is 1. The van der Waals surface area contributed by atoms with E-state index >= 15 is 0 Å². The van der Waals surface area contributed by atoms with E-state index < -0.39 is 30.4 Å². The second-order valence-electron chi connectivity index (χ2n) is 6.80. The van der Waals surface area contributed by atoms with Gasteiger partial charge in [-0.2, -0.15) is 0 Å². The van der Waals surface area contributed by atoms with Crippen molar-refractivity contribution in [1.29, 1.82) is 0 Å². The van der Waals surface area contributed by atoms with Gasteiger partial charge in [-0.05, 0) is 31.9 Å². The van der Waals surface area contributed by atoms with E-state index in [9.17, 15) is 19.2 Å². The molecule has 1 amide bonds. The molecule has 0 saturated heterocycles. The number of hydrogen-bond acceptors (Lipinski definition) is 6. The van der Waals surface area contributed by atoms with Gasteiger partial charge in [-0.25, -0.2) is 4.79 Å². The monoisotopic (exact) mass is 414 g/mol. The number of carbonyl (C=O) groups is 4. The van der Waals surface area contributed by atoms with Crippen molar-refractivity contribution in [2.45, 2.75) is 40.2 Å². The molecule has 1 heterocycles. The number of rotatable bonds is 9. The lowest BCUT2D eigenvalue weighted by molar-refractivity contribution is -0.143. The van der Waals surface area contributed by atoms with Crippen LogP contribution >= 0.6 is 0 Å². The van der Waals surface area contributed by atoms with Gasteiger partial charge in [0.2, 0.25) is 11.7 Å². The van der Waals surface area contributed by atoms with Crippen LogP contribution in [-0.2, 0) is 19.1 Å². The van der Waals surface area contributed by atoms with Gasteiger partial charge in [0.05, 0.1) is 30.3 Å². The molecular weight excluding hydrogens is 388 g/mol. The number of carbonyl (C=O) groups excluding carboxylic acids is 4. The van der Waals surface area contributed by atoms with E-state index in [1.807, 2.05) is 6.07 Å². The van der Waals surface area contributed by atoms with E-state index in [0.717, 1.165) is 5.56 Å². The zero-order valence-corrected chi connectivity index (χ0v) is 17.5. The summed E-state index contributed by atoms with van der Waals surface area (Å²) in [5.41, 5.74) is 2.22. The fourth-order valence-corrected chi connectivity index (χ4v) is 3.17. The number of ether oxygens (including phenoxy) is 2. The van der Waals surface area contributed by atoms with Crippen LogP contribution in [0.25, 0.3) is 0 Å². The van der Waals surface area contributed by atoms with E-state index in [2.05, 4.69) is 10.3 Å². The molecule has 0 aliphatic rings. The van der Waals surface area contributed by atoms with E-state index in [1.165, 1.54) is 6.92 Å². The van der Waals surface area contributed by atoms with Crippen molar-refractivity contribution in [3.8, 4) is 0 Å². The minimum atomic E-state index is -0.627. The van der Waals surface area contributed by atoms with Gasteiger partial charge in [-0.1, -0.05) is 30.3 Å². The molecule has 30 heavy (non-hydrogen) atoms. The molecule has 2 N–H and O–H groups in total. The summed E-state index contributed by atoms with van der Waals surface area (Å²) < 4.78 is 10.1. The normalized spacial score (nSPS) is 11.5. The Kier molecular flexibility index (Phi) is 7.91. The van der Waals surface area contributed by atoms with Crippen molar-refractivity contribution in [3.63, 3.8) is 0 Å². The molecule has 1 aromatic heterocycles. The summed E-state index contributed by atoms with van der Waals surface area (Å²) in [6.07, 6.45) is -0.117. The molecule has 0 aliphatic heterocycles. The maximum absolute atomic E-state index is 12.5. The van der Waals surface area contributed by atoms with Crippen molar-refractivity contribution < 1.29 is 28.7 Å². The number of amides is 1. The Bertz CT molecular complexity index is 933. The first kappa shape index (κ1) is 22.9. The van der Waals surface area contributed by atoms with Gasteiger partial charge in [0.15, 0.2) is 6.61 Å². The zero-order valence-electron chi connectivity index (χ0n) is 17.5. The molecule has 2 rings (SSSR count). The summed E-state index contributed by atoms with van der Waals surface area (Å²) >= 11 is 0. The molecule has 0 saturated carbocycles. The molecule has 8 nitrogen and oxygen atoms in total. The number of benzene rings is 1. The van der Waals surface area contributed by atoms with Gasteiger partial charge in [-0.3, -0.25) is 14.4 Å². The minimum Gasteiger partial charge on any atom is -0.462 e. The third kappa shape index (κ3) is 5.79. The first-order valence-corrected chi connectivity index (χ1v) is 9.61. The number of aromatic nitrogens is 1. The fourth-order valence-electron chi connectivity index (χ4n) is 3.17. The number of hydrogen-bond donors (Lipinski definition) is 2. The maximum Gasteiger partial charge on any atom is 0.340 e. The van der Waals surface area contributed by atoms with Gasteiger partial charge in [0.1, 0.15) is 0 Å². The third-order valence-electron chi connectivity index (χ3n) is 4.51. The van der Waals surface area contributed by atoms with E-state index in [-0.39, 0.29) is 24.6 Å². The first-order chi connectivity index (χ1) is 14.2. The first-order valence-electron chi connectivity index (χ1n) is 9.61. The van der Waals surface area contributed by atoms with Crippen LogP contribution in [0, 0.1) is 13.8 Å². The molecule has 2 aromatic rings. The van der Waals surface area contributed by atoms with E-state index in [0.29, 0.717) is 16.8 Å². The third-order valence-corrected chi connectivity index (χ3v) is 4.51. The number of ketones is 1. The van der Waals surface area contributed by atoms with Crippen LogP contribution in [0.1, 0.15) is 64.0 Å². The highest BCUT2D eigenvalue weighted by Gasteiger charge is 2.24. The van der Waals surface area contributed by atoms with Gasteiger partial charge in [-0.15, -0.1) is 0 Å². The molecule has 0 bridgehead atoms. The molecular formula is C22H26N2O6. The maximum atomic E-state index is 12.5. The van der Waals surface area contributed by atoms with Crippen LogP contribution in [0.5, 0.6) is 0 Å². The molecule has 1 aromatic carbocycles. The van der Waals surface area contributed by atoms with Crippen molar-refractivity contribution >= 4 is 23.6 Å². The lowest BCUT2D eigenvalue weighted by Crippen LogP contribution is -2.29. The zero-order chi connectivity index (χ0) is 22.3. The summed E-state index contributed by atoms with van der Waals surface area (Å²) in [5.74, 6) is -1.88. The summed E-state index contributed by atoms with van der Waals surface area (Å²) in [4.78, 5) is 51.2. The Balaban J connectivity index is 2.03. The molecule has 1 atom stereocenters. The average molecular weight is 414 g/mol. The number of nitrogens with one attached hydrogen (secondary N) is 2. The Morgan fingerprint density at radius 1 is 1.07 bits per heavy atom. The number of H-pyrrole nitrogens is 1. The van der Waals surface area contributed by atoms with Gasteiger partial charge in [0.25, 0.3) is 0 Å². The summed E-state index contributed by atoms with van der Waals surface area (Å²) in [7, 11) is 0. The second kappa shape index (κ2) is 10.4. The predicted octanol–water partition coefficient (Wildman–Crippen LogP) is 2.80. The van der Waals surface area contributed by atoms with Crippen LogP contribution in [0.3, 0.4) is 0 Å². The number of aromatic amines is 1. The summed E-state index contributed by atoms with van der Waals surface area (Å²) in [6.45, 7) is 6.10. The van der Waals surface area contributed by atoms with Crippen LogP contribution < -0.4 is 5.32 Å². The minimum absolute atomic E-state index is 0.117. The smallest absolute Gasteiger partial charge is 0.340 e. The topological polar surface area (TPSA) is 115 Å². The highest BCUT2D eigenvalue weighted by molar-refractivity contribution is 6.02. The molecule has 0 fully saturated rings. The summed E-state index contributed by atoms with van der Waals surface area (Å²) in [5, 5.41) is 2.71. The SMILES string of the molecule is CCOC(=O)c1c(C)[nH]c(C(=O)COC(=O)C[C@H](NC(C)=O)c2ccccc2)c1C. The predicted molar refractivity (Wildman–Crippen MR) is 109 cm³/mol. The lowest BCUT2D eigenvalue weighted by Gasteiger charge is -2.17. The average Bonchev–Trinajstić information content (AvgIpc) is 3.00. The molecule has 0 unspecified atom stereocenters. The van der Waals surface area contributed by atoms with Crippen molar-refractivity contribution in [2.75, 3.05) is 13.2 Å². The standard InChI is InChI=1S/C22H26N2O6/c1-5-29-22(28)20-13(2)21(23-14(20)3)18(26)12-30-19(27)11-17(24-15(4)25)16-9-7-6-8-10-16/h6-10,17,23H,5,11-12H2,1-4H3,(H,24,25)/t17-/m0/s1. The Hall–Kier alpha value is -3.42. The van der Waals surface area contributed by atoms with Crippen LogP contribution in [-0.4, -0.2) is 41.8 Å². The van der Waals surface area contributed by atoms with Gasteiger partial charge < -0.3 is 19.8 Å². The fraction of sp³-hybridized carbons (Fsp3) is 0.364. The van der Waals surface area contributed by atoms with E-state index in [4.69, 9.17) is 9.47 Å². The largest absolute Gasteiger partial charge is 0.462 e. The Morgan fingerprint density at radius 2 is 1.73 bits per heavy atom. The van der Waals surface area contributed by atoms with Crippen LogP contribution in [0.2, 0.25) is 0 Å². The quantitative estimate of drug-likeness (QED) is 0.482.